The average molecular weight is 771 g/mol. The van der Waals surface area contributed by atoms with Crippen LogP contribution in [0, 0.1) is 13.8 Å². The molecule has 0 N–H and O–H groups in total. The number of aryl methyl sites for hydroxylation is 4. The fourth-order valence-electron chi connectivity index (χ4n) is 6.30. The van der Waals surface area contributed by atoms with Crippen LogP contribution in [0.1, 0.15) is 86.8 Å². The van der Waals surface area contributed by atoms with Crippen LogP contribution in [0.4, 0.5) is 0 Å². The molecule has 6 aromatic rings. The Morgan fingerprint density at radius 1 is 0.604 bits per heavy atom. The van der Waals surface area contributed by atoms with Crippen LogP contribution >= 0.6 is 17.0 Å². The summed E-state index contributed by atoms with van der Waals surface area (Å²) in [6.07, 6.45) is 2.14. The standard InChI is InChI=1S/2C21H23.C2H6Si.2ClH.Zr/c2*1-5-16-10-11-17-12-18(14(2)3)13-20(17)21(16)19-9-7-6-8-15(19)4;1-3-2;;;/h2*6-14H,5H2,1-4H3;1-2H3;2*1H;/q2*-1;;;;+4/p-2. The van der Waals surface area contributed by atoms with Crippen molar-refractivity contribution in [1.29, 1.82) is 0 Å². The second-order valence-corrected chi connectivity index (χ2v) is 17.7. The Hall–Kier alpha value is -2.22. The van der Waals surface area contributed by atoms with Crippen LogP contribution in [0.15, 0.2) is 97.1 Å². The van der Waals surface area contributed by atoms with Crippen LogP contribution < -0.4 is 0 Å². The van der Waals surface area contributed by atoms with Gasteiger partial charge in [0.1, 0.15) is 0 Å². The van der Waals surface area contributed by atoms with E-state index in [9.17, 15) is 0 Å². The molecular weight excluding hydrogens is 719 g/mol. The maximum absolute atomic E-state index is 4.93. The molecule has 0 saturated carbocycles. The summed E-state index contributed by atoms with van der Waals surface area (Å²) in [4.78, 5) is 0. The summed E-state index contributed by atoms with van der Waals surface area (Å²) in [5.41, 5.74) is 14.1. The number of rotatable bonds is 6. The van der Waals surface area contributed by atoms with E-state index in [1.807, 2.05) is 0 Å². The molecule has 0 fully saturated rings. The number of benzene rings is 4. The van der Waals surface area contributed by atoms with Gasteiger partial charge in [-0.2, -0.15) is 12.1 Å². The van der Waals surface area contributed by atoms with Crippen molar-refractivity contribution >= 4 is 48.1 Å². The van der Waals surface area contributed by atoms with Gasteiger partial charge in [-0.3, -0.25) is 0 Å². The van der Waals surface area contributed by atoms with Crippen molar-refractivity contribution in [3.8, 4) is 22.3 Å². The van der Waals surface area contributed by atoms with E-state index >= 15 is 0 Å². The van der Waals surface area contributed by atoms with E-state index in [-0.39, 0.29) is 0 Å². The summed E-state index contributed by atoms with van der Waals surface area (Å²) >= 11 is -0.826. The molecule has 0 aliphatic heterocycles. The number of halogens is 2. The van der Waals surface area contributed by atoms with Crippen molar-refractivity contribution in [2.45, 2.75) is 93.2 Å². The third-order valence-corrected chi connectivity index (χ3v) is 8.92. The first-order valence-electron chi connectivity index (χ1n) is 17.2. The molecule has 0 heterocycles. The average Bonchev–Trinajstić information content (AvgIpc) is 3.71. The third-order valence-electron chi connectivity index (χ3n) is 8.92. The predicted octanol–water partition coefficient (Wildman–Crippen LogP) is 14.6. The Balaban J connectivity index is 0.000000224. The van der Waals surface area contributed by atoms with Gasteiger partial charge in [-0.1, -0.05) is 125 Å². The first-order valence-corrected chi connectivity index (χ1v) is 25.5. The van der Waals surface area contributed by atoms with Crippen molar-refractivity contribution in [3.05, 3.63) is 130 Å². The van der Waals surface area contributed by atoms with Gasteiger partial charge in [0.05, 0.1) is 0 Å². The van der Waals surface area contributed by atoms with Gasteiger partial charge in [0.25, 0.3) is 0 Å². The summed E-state index contributed by atoms with van der Waals surface area (Å²) in [7, 11) is 11.0. The molecule has 0 unspecified atom stereocenters. The molecule has 0 aliphatic rings. The van der Waals surface area contributed by atoms with Crippen LogP contribution in [-0.4, -0.2) is 9.52 Å². The summed E-state index contributed by atoms with van der Waals surface area (Å²) in [6.45, 7) is 22.3. The monoisotopic (exact) mass is 768 g/mol. The van der Waals surface area contributed by atoms with Gasteiger partial charge >= 0.3 is 37.9 Å². The normalized spacial score (nSPS) is 10.6. The van der Waals surface area contributed by atoms with Gasteiger partial charge in [-0.15, -0.1) is 69.1 Å². The number of hydrogen-bond acceptors (Lipinski definition) is 0. The van der Waals surface area contributed by atoms with Crippen LogP contribution in [0.5, 0.6) is 0 Å². The Bertz CT molecular complexity index is 1740. The molecule has 0 nitrogen and oxygen atoms in total. The quantitative estimate of drug-likeness (QED) is 0.117. The first-order chi connectivity index (χ1) is 23.1. The van der Waals surface area contributed by atoms with E-state index in [0.717, 1.165) is 22.4 Å². The molecule has 4 heteroatoms. The second-order valence-electron chi connectivity index (χ2n) is 13.0. The molecule has 48 heavy (non-hydrogen) atoms. The van der Waals surface area contributed by atoms with E-state index in [4.69, 9.17) is 17.0 Å². The van der Waals surface area contributed by atoms with Crippen molar-refractivity contribution in [3.63, 3.8) is 0 Å². The van der Waals surface area contributed by atoms with Crippen LogP contribution in [0.25, 0.3) is 43.8 Å². The molecule has 0 aliphatic carbocycles. The third kappa shape index (κ3) is 9.94. The molecule has 0 spiro atoms. The molecule has 0 saturated heterocycles. The van der Waals surface area contributed by atoms with Crippen LogP contribution in [-0.2, 0) is 33.7 Å². The maximum atomic E-state index is 4.93. The molecule has 2 radical (unpaired) electrons. The van der Waals surface area contributed by atoms with E-state index in [0.29, 0.717) is 11.8 Å². The van der Waals surface area contributed by atoms with E-state index in [1.165, 1.54) is 77.2 Å². The number of hydrogen-bond donors (Lipinski definition) is 0. The molecule has 250 valence electrons. The van der Waals surface area contributed by atoms with Gasteiger partial charge in [0.2, 0.25) is 0 Å². The SMILES string of the molecule is CCc1ccc2[cH-]c(C(C)C)cc2c1-c1ccccc1C.CCc1ccc2[cH-]c(C(C)C)cc2c1-c1ccccc1C.C[Si]C.[Cl][Zr+2][Cl]. The second kappa shape index (κ2) is 19.8. The Labute approximate surface area is 312 Å². The molecule has 0 bridgehead atoms. The zero-order valence-electron chi connectivity index (χ0n) is 30.6. The molecule has 6 aromatic carbocycles. The Morgan fingerprint density at radius 3 is 1.23 bits per heavy atom. The first kappa shape index (κ1) is 40.2. The predicted molar refractivity (Wildman–Crippen MR) is 216 cm³/mol. The van der Waals surface area contributed by atoms with Gasteiger partial charge in [0, 0.05) is 9.52 Å². The topological polar surface area (TPSA) is 0 Å². The van der Waals surface area contributed by atoms with Gasteiger partial charge in [-0.25, -0.2) is 0 Å². The minimum absolute atomic E-state index is 0.576. The summed E-state index contributed by atoms with van der Waals surface area (Å²) < 4.78 is 0. The fourth-order valence-corrected chi connectivity index (χ4v) is 6.30. The van der Waals surface area contributed by atoms with E-state index in [2.05, 4.69) is 166 Å². The Kier molecular flexibility index (Phi) is 16.6. The number of fused-ring (bicyclic) bond motifs is 2. The van der Waals surface area contributed by atoms with Crippen molar-refractivity contribution < 1.29 is 20.8 Å². The van der Waals surface area contributed by atoms with Crippen LogP contribution in [0.2, 0.25) is 13.1 Å². The van der Waals surface area contributed by atoms with Crippen molar-refractivity contribution in [1.82, 2.24) is 0 Å². The van der Waals surface area contributed by atoms with Crippen molar-refractivity contribution in [2.24, 2.45) is 0 Å². The Morgan fingerprint density at radius 2 is 0.938 bits per heavy atom. The minimum atomic E-state index is -0.826. The van der Waals surface area contributed by atoms with E-state index in [1.54, 1.807) is 0 Å². The molecular formula is C44H52Cl2SiZr. The molecule has 0 aromatic heterocycles. The summed E-state index contributed by atoms with van der Waals surface area (Å²) in [5.74, 6) is 1.15. The zero-order chi connectivity index (χ0) is 35.4. The molecule has 0 atom stereocenters. The van der Waals surface area contributed by atoms with Gasteiger partial charge in [0.15, 0.2) is 0 Å². The summed E-state index contributed by atoms with van der Waals surface area (Å²) in [6, 6.07) is 36.1. The zero-order valence-corrected chi connectivity index (χ0v) is 35.5. The fraction of sp³-hybridized carbons (Fsp3) is 0.318. The van der Waals surface area contributed by atoms with E-state index < -0.39 is 20.8 Å². The molecule has 6 rings (SSSR count). The van der Waals surface area contributed by atoms with Crippen LogP contribution in [0.3, 0.4) is 0 Å². The summed E-state index contributed by atoms with van der Waals surface area (Å²) in [5, 5.41) is 5.56. The van der Waals surface area contributed by atoms with Crippen molar-refractivity contribution in [2.75, 3.05) is 0 Å². The van der Waals surface area contributed by atoms with Gasteiger partial charge < -0.3 is 0 Å². The van der Waals surface area contributed by atoms with Gasteiger partial charge in [-0.05, 0) is 60.8 Å². The molecule has 0 amide bonds.